The Morgan fingerprint density at radius 1 is 1.39 bits per heavy atom. The van der Waals surface area contributed by atoms with Crippen LogP contribution in [0.2, 0.25) is 0 Å². The van der Waals surface area contributed by atoms with Gasteiger partial charge in [0.15, 0.2) is 0 Å². The largest absolute Gasteiger partial charge is 0.326 e. The molecule has 0 unspecified atom stereocenters. The van der Waals surface area contributed by atoms with E-state index < -0.39 is 0 Å². The Hall–Kier alpha value is -1.72. The SMILES string of the molecule is NCc1csc(-c2ccc3c(c2)CCC(=O)N3)n1. The molecule has 1 aliphatic rings. The van der Waals surface area contributed by atoms with Crippen molar-refractivity contribution in [3.63, 3.8) is 0 Å². The molecular weight excluding hydrogens is 246 g/mol. The van der Waals surface area contributed by atoms with Gasteiger partial charge < -0.3 is 11.1 Å². The highest BCUT2D eigenvalue weighted by Crippen LogP contribution is 2.30. The van der Waals surface area contributed by atoms with Crippen LogP contribution < -0.4 is 11.1 Å². The number of aryl methyl sites for hydroxylation is 1. The minimum absolute atomic E-state index is 0.0925. The second kappa shape index (κ2) is 4.51. The van der Waals surface area contributed by atoms with Gasteiger partial charge in [-0.15, -0.1) is 11.3 Å². The van der Waals surface area contributed by atoms with Gasteiger partial charge in [-0.05, 0) is 30.2 Å². The lowest BCUT2D eigenvalue weighted by molar-refractivity contribution is -0.116. The third-order valence-electron chi connectivity index (χ3n) is 3.01. The van der Waals surface area contributed by atoms with Crippen LogP contribution in [-0.2, 0) is 17.8 Å². The number of thiazole rings is 1. The molecule has 0 saturated heterocycles. The number of nitrogens with two attached hydrogens (primary N) is 1. The monoisotopic (exact) mass is 259 g/mol. The Balaban J connectivity index is 1.97. The third kappa shape index (κ3) is 2.02. The standard InChI is InChI=1S/C13H13N3OS/c14-6-10-7-18-13(15-10)9-1-3-11-8(5-9)2-4-12(17)16-11/h1,3,5,7H,2,4,6,14H2,(H,16,17). The fourth-order valence-corrected chi connectivity index (χ4v) is 2.88. The predicted molar refractivity (Wildman–Crippen MR) is 72.4 cm³/mol. The number of hydrogen-bond donors (Lipinski definition) is 2. The molecule has 4 nitrogen and oxygen atoms in total. The zero-order valence-electron chi connectivity index (χ0n) is 9.77. The van der Waals surface area contributed by atoms with E-state index in [-0.39, 0.29) is 5.91 Å². The molecule has 0 spiro atoms. The number of amides is 1. The summed E-state index contributed by atoms with van der Waals surface area (Å²) in [6, 6.07) is 6.04. The van der Waals surface area contributed by atoms with E-state index in [1.807, 2.05) is 17.5 Å². The molecule has 1 aromatic carbocycles. The van der Waals surface area contributed by atoms with Gasteiger partial charge >= 0.3 is 0 Å². The van der Waals surface area contributed by atoms with Crippen LogP contribution in [0.1, 0.15) is 17.7 Å². The molecule has 1 amide bonds. The van der Waals surface area contributed by atoms with Crippen LogP contribution in [0.15, 0.2) is 23.6 Å². The molecule has 3 N–H and O–H groups in total. The topological polar surface area (TPSA) is 68.0 Å². The van der Waals surface area contributed by atoms with Crippen LogP contribution in [0, 0.1) is 0 Å². The fourth-order valence-electron chi connectivity index (χ4n) is 2.05. The number of fused-ring (bicyclic) bond motifs is 1. The van der Waals surface area contributed by atoms with Crippen molar-refractivity contribution < 1.29 is 4.79 Å². The molecule has 1 aromatic heterocycles. The zero-order chi connectivity index (χ0) is 12.5. The number of benzene rings is 1. The Kier molecular flexibility index (Phi) is 2.85. The van der Waals surface area contributed by atoms with Gasteiger partial charge in [-0.3, -0.25) is 4.79 Å². The molecule has 0 radical (unpaired) electrons. The number of nitrogens with one attached hydrogen (secondary N) is 1. The highest BCUT2D eigenvalue weighted by Gasteiger charge is 2.15. The van der Waals surface area contributed by atoms with Crippen molar-refractivity contribution in [2.75, 3.05) is 5.32 Å². The van der Waals surface area contributed by atoms with Crippen molar-refractivity contribution >= 4 is 22.9 Å². The number of nitrogens with zero attached hydrogens (tertiary/aromatic N) is 1. The number of anilines is 1. The Morgan fingerprint density at radius 2 is 2.28 bits per heavy atom. The van der Waals surface area contributed by atoms with E-state index in [0.29, 0.717) is 13.0 Å². The molecule has 5 heteroatoms. The summed E-state index contributed by atoms with van der Waals surface area (Å²) in [5, 5.41) is 5.84. The van der Waals surface area contributed by atoms with Gasteiger partial charge in [-0.25, -0.2) is 4.98 Å². The predicted octanol–water partition coefficient (Wildman–Crippen LogP) is 2.15. The summed E-state index contributed by atoms with van der Waals surface area (Å²) in [5.41, 5.74) is 9.67. The normalized spacial score (nSPS) is 14.2. The highest BCUT2D eigenvalue weighted by atomic mass is 32.1. The lowest BCUT2D eigenvalue weighted by Crippen LogP contribution is -2.18. The van der Waals surface area contributed by atoms with Gasteiger partial charge in [-0.2, -0.15) is 0 Å². The van der Waals surface area contributed by atoms with Gasteiger partial charge in [0.05, 0.1) is 5.69 Å². The second-order valence-electron chi connectivity index (χ2n) is 4.27. The lowest BCUT2D eigenvalue weighted by Gasteiger charge is -2.17. The van der Waals surface area contributed by atoms with Crippen LogP contribution in [-0.4, -0.2) is 10.9 Å². The average molecular weight is 259 g/mol. The van der Waals surface area contributed by atoms with Gasteiger partial charge in [-0.1, -0.05) is 0 Å². The summed E-state index contributed by atoms with van der Waals surface area (Å²) in [6.45, 7) is 0.470. The highest BCUT2D eigenvalue weighted by molar-refractivity contribution is 7.13. The summed E-state index contributed by atoms with van der Waals surface area (Å²) >= 11 is 1.60. The number of rotatable bonds is 2. The van der Waals surface area contributed by atoms with Gasteiger partial charge in [0.25, 0.3) is 0 Å². The maximum Gasteiger partial charge on any atom is 0.224 e. The first-order chi connectivity index (χ1) is 8.76. The minimum Gasteiger partial charge on any atom is -0.326 e. The quantitative estimate of drug-likeness (QED) is 0.868. The van der Waals surface area contributed by atoms with Crippen molar-refractivity contribution in [2.45, 2.75) is 19.4 Å². The van der Waals surface area contributed by atoms with Crippen LogP contribution in [0.4, 0.5) is 5.69 Å². The molecule has 1 aliphatic heterocycles. The van der Waals surface area contributed by atoms with E-state index in [1.165, 1.54) is 5.56 Å². The second-order valence-corrected chi connectivity index (χ2v) is 5.13. The molecule has 92 valence electrons. The van der Waals surface area contributed by atoms with Gasteiger partial charge in [0.1, 0.15) is 5.01 Å². The smallest absolute Gasteiger partial charge is 0.224 e. The van der Waals surface area contributed by atoms with Crippen molar-refractivity contribution in [1.82, 2.24) is 4.98 Å². The molecule has 0 aliphatic carbocycles. The van der Waals surface area contributed by atoms with E-state index >= 15 is 0 Å². The number of carbonyl (C=O) groups excluding carboxylic acids is 1. The Morgan fingerprint density at radius 3 is 3.06 bits per heavy atom. The first-order valence-corrected chi connectivity index (χ1v) is 6.72. The maximum atomic E-state index is 11.3. The van der Waals surface area contributed by atoms with Crippen molar-refractivity contribution in [1.29, 1.82) is 0 Å². The fraction of sp³-hybridized carbons (Fsp3) is 0.231. The van der Waals surface area contributed by atoms with E-state index in [1.54, 1.807) is 11.3 Å². The molecule has 0 fully saturated rings. The summed E-state index contributed by atoms with van der Waals surface area (Å²) in [5.74, 6) is 0.0925. The summed E-state index contributed by atoms with van der Waals surface area (Å²) in [7, 11) is 0. The van der Waals surface area contributed by atoms with E-state index in [4.69, 9.17) is 5.73 Å². The van der Waals surface area contributed by atoms with Crippen molar-refractivity contribution in [3.8, 4) is 10.6 Å². The van der Waals surface area contributed by atoms with E-state index in [2.05, 4.69) is 16.4 Å². The molecule has 0 atom stereocenters. The average Bonchev–Trinajstić information content (AvgIpc) is 2.87. The molecule has 2 heterocycles. The lowest BCUT2D eigenvalue weighted by atomic mass is 10.0. The van der Waals surface area contributed by atoms with E-state index in [9.17, 15) is 4.79 Å². The Bertz CT molecular complexity index is 606. The zero-order valence-corrected chi connectivity index (χ0v) is 10.6. The molecule has 18 heavy (non-hydrogen) atoms. The van der Waals surface area contributed by atoms with Gasteiger partial charge in [0.2, 0.25) is 5.91 Å². The van der Waals surface area contributed by atoms with Crippen LogP contribution in [0.5, 0.6) is 0 Å². The number of hydrogen-bond acceptors (Lipinski definition) is 4. The van der Waals surface area contributed by atoms with Crippen LogP contribution in [0.25, 0.3) is 10.6 Å². The first kappa shape index (κ1) is 11.4. The minimum atomic E-state index is 0.0925. The molecule has 2 aromatic rings. The molecule has 0 saturated carbocycles. The Labute approximate surface area is 109 Å². The summed E-state index contributed by atoms with van der Waals surface area (Å²) in [6.07, 6.45) is 1.35. The molecule has 3 rings (SSSR count). The number of aromatic nitrogens is 1. The number of carbonyl (C=O) groups is 1. The van der Waals surface area contributed by atoms with Crippen LogP contribution >= 0.6 is 11.3 Å². The molecular formula is C13H13N3OS. The third-order valence-corrected chi connectivity index (χ3v) is 3.95. The maximum absolute atomic E-state index is 11.3. The van der Waals surface area contributed by atoms with Crippen molar-refractivity contribution in [2.24, 2.45) is 5.73 Å². The van der Waals surface area contributed by atoms with E-state index in [0.717, 1.165) is 28.4 Å². The first-order valence-electron chi connectivity index (χ1n) is 5.84. The van der Waals surface area contributed by atoms with Gasteiger partial charge in [0, 0.05) is 29.6 Å². The summed E-state index contributed by atoms with van der Waals surface area (Å²) < 4.78 is 0. The molecule has 0 bridgehead atoms. The summed E-state index contributed by atoms with van der Waals surface area (Å²) in [4.78, 5) is 15.8. The van der Waals surface area contributed by atoms with Crippen molar-refractivity contribution in [3.05, 3.63) is 34.8 Å². The van der Waals surface area contributed by atoms with Crippen LogP contribution in [0.3, 0.4) is 0 Å².